The molecule has 6 nitrogen and oxygen atoms in total. The first-order chi connectivity index (χ1) is 18.7. The molecule has 3 heterocycles. The maximum absolute atomic E-state index is 14.1. The predicted octanol–water partition coefficient (Wildman–Crippen LogP) is 6.59. The second-order valence-electron chi connectivity index (χ2n) is 9.69. The van der Waals surface area contributed by atoms with Gasteiger partial charge < -0.3 is 20.1 Å². The molecule has 0 spiro atoms. The van der Waals surface area contributed by atoms with E-state index in [1.54, 1.807) is 24.4 Å². The lowest BCUT2D eigenvalue weighted by Gasteiger charge is -2.28. The fraction of sp³-hybridized carbons (Fsp3) is 0.233. The number of hydrogen-bond donors (Lipinski definition) is 2. The number of amides is 1. The SMILES string of the molecule is Cc1ccc(Cl)cc1-n1c(C)cc([C@@H]2[C@@H](c3ccccn3)NC(=S)N2CCC(=O)Nc2ccccc2F)c1C. The van der Waals surface area contributed by atoms with Crippen molar-refractivity contribution in [3.63, 3.8) is 0 Å². The van der Waals surface area contributed by atoms with Crippen molar-refractivity contribution < 1.29 is 9.18 Å². The van der Waals surface area contributed by atoms with Gasteiger partial charge in [0.1, 0.15) is 5.82 Å². The largest absolute Gasteiger partial charge is 0.352 e. The van der Waals surface area contributed by atoms with E-state index in [2.05, 4.69) is 47.0 Å². The number of carbonyl (C=O) groups is 1. The fourth-order valence-corrected chi connectivity index (χ4v) is 5.76. The third kappa shape index (κ3) is 5.40. The number of thiocarbonyl (C=S) groups is 1. The Kier molecular flexibility index (Phi) is 7.68. The van der Waals surface area contributed by atoms with Crippen molar-refractivity contribution in [2.24, 2.45) is 0 Å². The lowest BCUT2D eigenvalue weighted by Crippen LogP contribution is -2.33. The molecule has 1 saturated heterocycles. The summed E-state index contributed by atoms with van der Waals surface area (Å²) < 4.78 is 16.3. The van der Waals surface area contributed by atoms with Gasteiger partial charge in [0.2, 0.25) is 5.91 Å². The highest BCUT2D eigenvalue weighted by atomic mass is 35.5. The lowest BCUT2D eigenvalue weighted by atomic mass is 9.96. The average molecular weight is 562 g/mol. The molecule has 0 saturated carbocycles. The van der Waals surface area contributed by atoms with E-state index in [-0.39, 0.29) is 30.1 Å². The Morgan fingerprint density at radius 2 is 1.87 bits per heavy atom. The number of rotatable bonds is 7. The number of nitrogens with zero attached hydrogens (tertiary/aromatic N) is 3. The van der Waals surface area contributed by atoms with Gasteiger partial charge in [-0.2, -0.15) is 0 Å². The van der Waals surface area contributed by atoms with E-state index in [1.165, 1.54) is 6.07 Å². The number of carbonyl (C=O) groups excluding carboxylic acids is 1. The molecule has 1 aliphatic rings. The van der Waals surface area contributed by atoms with Crippen molar-refractivity contribution in [1.82, 2.24) is 19.8 Å². The molecule has 4 aromatic rings. The summed E-state index contributed by atoms with van der Waals surface area (Å²) in [5.74, 6) is -0.760. The highest BCUT2D eigenvalue weighted by Crippen LogP contribution is 2.41. The third-order valence-electron chi connectivity index (χ3n) is 7.13. The minimum absolute atomic E-state index is 0.133. The molecule has 2 N–H and O–H groups in total. The van der Waals surface area contributed by atoms with Gasteiger partial charge in [-0.15, -0.1) is 0 Å². The van der Waals surface area contributed by atoms with Crippen molar-refractivity contribution in [3.05, 3.63) is 112 Å². The smallest absolute Gasteiger partial charge is 0.226 e. The minimum atomic E-state index is -0.471. The predicted molar refractivity (Wildman–Crippen MR) is 157 cm³/mol. The summed E-state index contributed by atoms with van der Waals surface area (Å²) in [6, 6.07) is 19.5. The van der Waals surface area contributed by atoms with Gasteiger partial charge in [0.25, 0.3) is 0 Å². The Labute approximate surface area is 237 Å². The zero-order chi connectivity index (χ0) is 27.7. The first-order valence-corrected chi connectivity index (χ1v) is 13.5. The number of halogens is 2. The van der Waals surface area contributed by atoms with Gasteiger partial charge >= 0.3 is 0 Å². The molecule has 5 rings (SSSR count). The number of aromatic nitrogens is 2. The Balaban J connectivity index is 1.50. The van der Waals surface area contributed by atoms with Gasteiger partial charge in [-0.05, 0) is 86.6 Å². The molecule has 2 aromatic carbocycles. The molecule has 200 valence electrons. The molecule has 1 fully saturated rings. The maximum atomic E-state index is 14.1. The van der Waals surface area contributed by atoms with Crippen molar-refractivity contribution >= 4 is 40.5 Å². The van der Waals surface area contributed by atoms with Gasteiger partial charge in [0, 0.05) is 41.3 Å². The molecule has 1 amide bonds. The summed E-state index contributed by atoms with van der Waals surface area (Å²) in [6.07, 6.45) is 1.90. The number of para-hydroxylation sites is 1. The Hall–Kier alpha value is -3.75. The molecule has 0 radical (unpaired) electrons. The quantitative estimate of drug-likeness (QED) is 0.249. The molecular weight excluding hydrogens is 533 g/mol. The number of hydrogen-bond acceptors (Lipinski definition) is 3. The first kappa shape index (κ1) is 26.8. The van der Waals surface area contributed by atoms with Crippen LogP contribution in [0.4, 0.5) is 10.1 Å². The van der Waals surface area contributed by atoms with Crippen LogP contribution in [0.15, 0.2) is 72.9 Å². The minimum Gasteiger partial charge on any atom is -0.352 e. The number of aryl methyl sites for hydroxylation is 2. The zero-order valence-electron chi connectivity index (χ0n) is 21.9. The van der Waals surface area contributed by atoms with Gasteiger partial charge in [-0.1, -0.05) is 35.9 Å². The van der Waals surface area contributed by atoms with Crippen molar-refractivity contribution in [3.8, 4) is 5.69 Å². The number of pyridine rings is 1. The van der Waals surface area contributed by atoms with E-state index in [0.29, 0.717) is 16.7 Å². The molecule has 39 heavy (non-hydrogen) atoms. The Morgan fingerprint density at radius 3 is 2.62 bits per heavy atom. The van der Waals surface area contributed by atoms with Crippen LogP contribution in [0.1, 0.15) is 46.7 Å². The summed E-state index contributed by atoms with van der Waals surface area (Å²) in [5.41, 5.74) is 6.32. The maximum Gasteiger partial charge on any atom is 0.226 e. The van der Waals surface area contributed by atoms with Crippen molar-refractivity contribution in [1.29, 1.82) is 0 Å². The van der Waals surface area contributed by atoms with Crippen molar-refractivity contribution in [2.45, 2.75) is 39.3 Å². The third-order valence-corrected chi connectivity index (χ3v) is 7.71. The van der Waals surface area contributed by atoms with Gasteiger partial charge in [-0.25, -0.2) is 4.39 Å². The molecule has 9 heteroatoms. The second-order valence-corrected chi connectivity index (χ2v) is 10.5. The summed E-state index contributed by atoms with van der Waals surface area (Å²) in [5, 5.41) is 7.32. The summed E-state index contributed by atoms with van der Waals surface area (Å²) in [6.45, 7) is 6.57. The van der Waals surface area contributed by atoms with Crippen LogP contribution in [0.2, 0.25) is 5.02 Å². The van der Waals surface area contributed by atoms with E-state index in [0.717, 1.165) is 33.9 Å². The number of nitrogens with one attached hydrogen (secondary N) is 2. The highest BCUT2D eigenvalue weighted by molar-refractivity contribution is 7.80. The monoisotopic (exact) mass is 561 g/mol. The van der Waals surface area contributed by atoms with Crippen LogP contribution < -0.4 is 10.6 Å². The average Bonchev–Trinajstić information content (AvgIpc) is 3.40. The summed E-state index contributed by atoms with van der Waals surface area (Å²) >= 11 is 12.2. The van der Waals surface area contributed by atoms with Crippen LogP contribution in [0.3, 0.4) is 0 Å². The van der Waals surface area contributed by atoms with Gasteiger partial charge in [-0.3, -0.25) is 9.78 Å². The van der Waals surface area contributed by atoms with Crippen molar-refractivity contribution in [2.75, 3.05) is 11.9 Å². The molecule has 1 aliphatic heterocycles. The van der Waals surface area contributed by atoms with Crippen LogP contribution in [-0.2, 0) is 4.79 Å². The molecule has 0 bridgehead atoms. The molecular formula is C30H29ClFN5OS. The van der Waals surface area contributed by atoms with Crippen LogP contribution in [-0.4, -0.2) is 32.0 Å². The molecule has 0 unspecified atom stereocenters. The summed E-state index contributed by atoms with van der Waals surface area (Å²) in [7, 11) is 0. The zero-order valence-corrected chi connectivity index (χ0v) is 23.5. The van der Waals surface area contributed by atoms with Crippen LogP contribution in [0, 0.1) is 26.6 Å². The van der Waals surface area contributed by atoms with E-state index in [9.17, 15) is 9.18 Å². The normalized spacial score (nSPS) is 16.8. The molecule has 0 aliphatic carbocycles. The van der Waals surface area contributed by atoms with Crippen LogP contribution in [0.25, 0.3) is 5.69 Å². The molecule has 2 atom stereocenters. The highest BCUT2D eigenvalue weighted by Gasteiger charge is 2.41. The van der Waals surface area contributed by atoms with E-state index >= 15 is 0 Å². The van der Waals surface area contributed by atoms with Gasteiger partial charge in [0.05, 0.1) is 23.5 Å². The summed E-state index contributed by atoms with van der Waals surface area (Å²) in [4.78, 5) is 19.5. The number of anilines is 1. The lowest BCUT2D eigenvalue weighted by molar-refractivity contribution is -0.116. The molecule has 2 aromatic heterocycles. The number of benzene rings is 2. The van der Waals surface area contributed by atoms with Crippen LogP contribution in [0.5, 0.6) is 0 Å². The van der Waals surface area contributed by atoms with E-state index in [4.69, 9.17) is 23.8 Å². The fourth-order valence-electron chi connectivity index (χ4n) is 5.26. The Morgan fingerprint density at radius 1 is 1.10 bits per heavy atom. The second kappa shape index (κ2) is 11.2. The van der Waals surface area contributed by atoms with E-state index < -0.39 is 5.82 Å². The Bertz CT molecular complexity index is 1540. The van der Waals surface area contributed by atoms with E-state index in [1.807, 2.05) is 41.3 Å². The van der Waals surface area contributed by atoms with Gasteiger partial charge in [0.15, 0.2) is 5.11 Å². The standard InChI is InChI=1S/C30H29ClFN5OS/c1-18-11-12-21(31)17-26(18)37-19(2)16-22(20(37)3)29-28(25-10-6-7-14-33-25)35-30(39)36(29)15-13-27(38)34-24-9-5-4-8-23(24)32/h4-12,14,16-17,28-29H,13,15H2,1-3H3,(H,34,38)(H,35,39)/t28-,29-/m1/s1. The van der Waals surface area contributed by atoms with Crippen LogP contribution >= 0.6 is 23.8 Å². The first-order valence-electron chi connectivity index (χ1n) is 12.7. The topological polar surface area (TPSA) is 62.2 Å².